The predicted octanol–water partition coefficient (Wildman–Crippen LogP) is 8.02. The summed E-state index contributed by atoms with van der Waals surface area (Å²) in [6, 6.07) is 21.1. The first-order chi connectivity index (χ1) is 11.2. The molecule has 0 unspecified atom stereocenters. The summed E-state index contributed by atoms with van der Waals surface area (Å²) in [5, 5.41) is 0. The smallest absolute Gasteiger partial charge is 0.0132 e. The van der Waals surface area contributed by atoms with Gasteiger partial charge in [0, 0.05) is 0 Å². The molecule has 25 heavy (non-hydrogen) atoms. The molecule has 0 saturated carbocycles. The normalized spacial score (nSPS) is 11.6. The summed E-state index contributed by atoms with van der Waals surface area (Å²) in [5.41, 5.74) is 3.88. The van der Waals surface area contributed by atoms with Crippen molar-refractivity contribution in [3.63, 3.8) is 0 Å². The highest BCUT2D eigenvalue weighted by Crippen LogP contribution is 2.21. The van der Waals surface area contributed by atoms with Crippen molar-refractivity contribution in [1.29, 1.82) is 0 Å². The molecule has 0 amide bonds. The first-order valence-electron chi connectivity index (χ1n) is 9.32. The van der Waals surface area contributed by atoms with Gasteiger partial charge in [-0.1, -0.05) is 130 Å². The largest absolute Gasteiger partial charge is 0.0622 e. The van der Waals surface area contributed by atoms with E-state index in [9.17, 15) is 0 Å². The molecule has 0 heterocycles. The molecular formula is C25H40. The molecule has 2 rings (SSSR count). The lowest BCUT2D eigenvalue weighted by Crippen LogP contribution is -2.10. The van der Waals surface area contributed by atoms with Gasteiger partial charge in [0.1, 0.15) is 0 Å². The summed E-state index contributed by atoms with van der Waals surface area (Å²) in [6.45, 7) is 22.1. The van der Waals surface area contributed by atoms with Crippen LogP contribution in [0.5, 0.6) is 0 Å². The Balaban J connectivity index is 0.000000368. The highest BCUT2D eigenvalue weighted by molar-refractivity contribution is 5.22. The van der Waals surface area contributed by atoms with Gasteiger partial charge in [0.2, 0.25) is 0 Å². The number of hydrogen-bond acceptors (Lipinski definition) is 0. The highest BCUT2D eigenvalue weighted by Gasteiger charge is 2.12. The second-order valence-corrected chi connectivity index (χ2v) is 10.2. The molecule has 2 aromatic rings. The Morgan fingerprint density at radius 3 is 0.720 bits per heavy atom. The molecule has 0 saturated heterocycles. The van der Waals surface area contributed by atoms with Crippen molar-refractivity contribution < 1.29 is 0 Å². The Labute approximate surface area is 157 Å². The third-order valence-electron chi connectivity index (χ3n) is 3.28. The van der Waals surface area contributed by atoms with Crippen molar-refractivity contribution in [3.05, 3.63) is 71.8 Å². The molecule has 0 nitrogen and oxygen atoms in total. The van der Waals surface area contributed by atoms with Crippen molar-refractivity contribution >= 4 is 0 Å². The number of benzene rings is 2. The molecule has 0 fully saturated rings. The molecule has 140 valence electrons. The Kier molecular flexibility index (Phi) is 9.19. The first kappa shape index (κ1) is 23.4. The summed E-state index contributed by atoms with van der Waals surface area (Å²) < 4.78 is 0. The molecule has 2 aromatic carbocycles. The topological polar surface area (TPSA) is 0 Å². The molecule has 0 bridgehead atoms. The van der Waals surface area contributed by atoms with Crippen LogP contribution in [0.1, 0.15) is 80.4 Å². The van der Waals surface area contributed by atoms with Crippen LogP contribution in [0, 0.1) is 5.41 Å². The van der Waals surface area contributed by atoms with Gasteiger partial charge in [-0.25, -0.2) is 0 Å². The predicted molar refractivity (Wildman–Crippen MR) is 115 cm³/mol. The van der Waals surface area contributed by atoms with Crippen LogP contribution in [0.3, 0.4) is 0 Å². The minimum Gasteiger partial charge on any atom is -0.0622 e. The van der Waals surface area contributed by atoms with Crippen molar-refractivity contribution in [3.8, 4) is 0 Å². The zero-order valence-corrected chi connectivity index (χ0v) is 18.3. The maximum Gasteiger partial charge on any atom is -0.0132 e. The zero-order chi connectivity index (χ0) is 19.7. The van der Waals surface area contributed by atoms with E-state index in [1.54, 1.807) is 0 Å². The van der Waals surface area contributed by atoms with Gasteiger partial charge in [-0.3, -0.25) is 0 Å². The zero-order valence-electron chi connectivity index (χ0n) is 18.3. The van der Waals surface area contributed by atoms with E-state index in [1.165, 1.54) is 11.1 Å². The van der Waals surface area contributed by atoms with Gasteiger partial charge < -0.3 is 0 Å². The summed E-state index contributed by atoms with van der Waals surface area (Å²) in [6.07, 6.45) is 0. The van der Waals surface area contributed by atoms with Gasteiger partial charge in [0.05, 0.1) is 0 Å². The second-order valence-electron chi connectivity index (χ2n) is 10.2. The number of hydrogen-bond donors (Lipinski definition) is 0. The third-order valence-corrected chi connectivity index (χ3v) is 3.28. The molecule has 0 aromatic heterocycles. The minimum absolute atomic E-state index is 0.293. The molecule has 0 heteroatoms. The van der Waals surface area contributed by atoms with E-state index in [0.29, 0.717) is 16.2 Å². The van der Waals surface area contributed by atoms with Gasteiger partial charge in [-0.15, -0.1) is 0 Å². The quantitative estimate of drug-likeness (QED) is 0.455. The van der Waals surface area contributed by atoms with E-state index in [2.05, 4.69) is 130 Å². The summed E-state index contributed by atoms with van der Waals surface area (Å²) >= 11 is 0. The Morgan fingerprint density at radius 1 is 0.400 bits per heavy atom. The van der Waals surface area contributed by atoms with Crippen LogP contribution in [0.15, 0.2) is 60.7 Å². The summed E-state index contributed by atoms with van der Waals surface area (Å²) in [7, 11) is 0. The van der Waals surface area contributed by atoms with Crippen LogP contribution in [-0.2, 0) is 10.8 Å². The van der Waals surface area contributed by atoms with E-state index < -0.39 is 0 Å². The lowest BCUT2D eigenvalue weighted by atomic mass is 9.87. The average molecular weight is 341 g/mol. The Hall–Kier alpha value is -1.56. The van der Waals surface area contributed by atoms with Crippen molar-refractivity contribution in [1.82, 2.24) is 0 Å². The molecule has 0 atom stereocenters. The molecule has 0 N–H and O–H groups in total. The Morgan fingerprint density at radius 2 is 0.600 bits per heavy atom. The molecular weight excluding hydrogens is 300 g/mol. The van der Waals surface area contributed by atoms with Crippen molar-refractivity contribution in [2.45, 2.75) is 80.1 Å². The third kappa shape index (κ3) is 13.4. The van der Waals surface area contributed by atoms with E-state index in [4.69, 9.17) is 0 Å². The van der Waals surface area contributed by atoms with Crippen LogP contribution in [0.4, 0.5) is 0 Å². The SMILES string of the molecule is CC(C)(C)C.CC(C)(C)c1ccccc1.CC(C)(C)c1ccccc1. The van der Waals surface area contributed by atoms with E-state index in [-0.39, 0.29) is 0 Å². The molecule has 0 aliphatic carbocycles. The number of rotatable bonds is 0. The molecule has 0 aliphatic heterocycles. The summed E-state index contributed by atoms with van der Waals surface area (Å²) in [5.74, 6) is 0. The van der Waals surface area contributed by atoms with E-state index in [1.807, 2.05) is 0 Å². The monoisotopic (exact) mass is 340 g/mol. The maximum absolute atomic E-state index is 2.22. The van der Waals surface area contributed by atoms with E-state index in [0.717, 1.165) is 0 Å². The van der Waals surface area contributed by atoms with Crippen LogP contribution < -0.4 is 0 Å². The van der Waals surface area contributed by atoms with E-state index >= 15 is 0 Å². The lowest BCUT2D eigenvalue weighted by Gasteiger charge is -2.18. The second kappa shape index (κ2) is 9.80. The molecule has 0 radical (unpaired) electrons. The molecule has 0 spiro atoms. The molecule has 0 aliphatic rings. The van der Waals surface area contributed by atoms with Crippen LogP contribution >= 0.6 is 0 Å². The van der Waals surface area contributed by atoms with Crippen LogP contribution in [0.25, 0.3) is 0 Å². The van der Waals surface area contributed by atoms with Gasteiger partial charge in [-0.2, -0.15) is 0 Å². The summed E-state index contributed by atoms with van der Waals surface area (Å²) in [4.78, 5) is 0. The fourth-order valence-electron chi connectivity index (χ4n) is 1.88. The van der Waals surface area contributed by atoms with Gasteiger partial charge in [0.15, 0.2) is 0 Å². The van der Waals surface area contributed by atoms with Gasteiger partial charge in [-0.05, 0) is 27.4 Å². The van der Waals surface area contributed by atoms with Crippen LogP contribution in [0.2, 0.25) is 0 Å². The van der Waals surface area contributed by atoms with Gasteiger partial charge >= 0.3 is 0 Å². The first-order valence-corrected chi connectivity index (χ1v) is 9.32. The standard InChI is InChI=1S/2C10H14.C5H12/c2*1-10(2,3)9-7-5-4-6-8-9;1-5(2,3)4/h2*4-8H,1-3H3;1-4H3. The Bertz CT molecular complexity index is 502. The lowest BCUT2D eigenvalue weighted by molar-refractivity contribution is 0.469. The van der Waals surface area contributed by atoms with Crippen molar-refractivity contribution in [2.24, 2.45) is 5.41 Å². The average Bonchev–Trinajstić information content (AvgIpc) is 2.46. The van der Waals surface area contributed by atoms with Crippen molar-refractivity contribution in [2.75, 3.05) is 0 Å². The highest BCUT2D eigenvalue weighted by atomic mass is 14.2. The van der Waals surface area contributed by atoms with Gasteiger partial charge in [0.25, 0.3) is 0 Å². The maximum atomic E-state index is 2.22. The van der Waals surface area contributed by atoms with Crippen LogP contribution in [-0.4, -0.2) is 0 Å². The fourth-order valence-corrected chi connectivity index (χ4v) is 1.88. The minimum atomic E-state index is 0.293. The fraction of sp³-hybridized carbons (Fsp3) is 0.520.